The number of esters is 1. The summed E-state index contributed by atoms with van der Waals surface area (Å²) in [5.41, 5.74) is 1.97. The second-order valence-corrected chi connectivity index (χ2v) is 6.51. The number of nitrogens with zero attached hydrogens (tertiary/aromatic N) is 1. The molecular formula is C22H15ClN2O3. The Morgan fingerprint density at radius 1 is 0.929 bits per heavy atom. The van der Waals surface area contributed by atoms with Crippen molar-refractivity contribution in [2.45, 2.75) is 6.10 Å². The number of aromatic amines is 1. The van der Waals surface area contributed by atoms with E-state index in [2.05, 4.69) is 9.97 Å². The number of hydrogen-bond donors (Lipinski definition) is 1. The summed E-state index contributed by atoms with van der Waals surface area (Å²) < 4.78 is 5.61. The van der Waals surface area contributed by atoms with Crippen LogP contribution in [0, 0.1) is 0 Å². The lowest BCUT2D eigenvalue weighted by atomic mass is 9.99. The van der Waals surface area contributed by atoms with Gasteiger partial charge in [-0.3, -0.25) is 4.79 Å². The predicted octanol–water partition coefficient (Wildman–Crippen LogP) is 5.00. The number of carbonyl (C=O) groups excluding carboxylic acids is 2. The number of benzene rings is 2. The Hall–Kier alpha value is -3.44. The van der Waals surface area contributed by atoms with E-state index in [1.165, 1.54) is 12.3 Å². The van der Waals surface area contributed by atoms with Crippen LogP contribution < -0.4 is 0 Å². The Bertz CT molecular complexity index is 1150. The molecular weight excluding hydrogens is 376 g/mol. The van der Waals surface area contributed by atoms with Gasteiger partial charge in [0, 0.05) is 34.4 Å². The molecule has 0 aliphatic rings. The summed E-state index contributed by atoms with van der Waals surface area (Å²) in [5, 5.41) is 0.794. The number of rotatable bonds is 5. The van der Waals surface area contributed by atoms with Crippen molar-refractivity contribution >= 4 is 34.3 Å². The quantitative estimate of drug-likeness (QED) is 0.296. The molecule has 0 radical (unpaired) electrons. The first-order valence-electron chi connectivity index (χ1n) is 8.62. The van der Waals surface area contributed by atoms with Crippen LogP contribution in [0.5, 0.6) is 0 Å². The minimum absolute atomic E-state index is 0.0267. The fourth-order valence-corrected chi connectivity index (χ4v) is 3.22. The van der Waals surface area contributed by atoms with Crippen LogP contribution in [0.25, 0.3) is 10.9 Å². The highest BCUT2D eigenvalue weighted by atomic mass is 35.5. The molecule has 2 aromatic carbocycles. The lowest BCUT2D eigenvalue weighted by molar-refractivity contribution is 0.0280. The van der Waals surface area contributed by atoms with E-state index in [-0.39, 0.29) is 16.5 Å². The van der Waals surface area contributed by atoms with Crippen LogP contribution in [-0.2, 0) is 4.74 Å². The second kappa shape index (κ2) is 7.66. The summed E-state index contributed by atoms with van der Waals surface area (Å²) in [6.07, 6.45) is 2.00. The third-order valence-corrected chi connectivity index (χ3v) is 4.70. The van der Waals surface area contributed by atoms with E-state index in [4.69, 9.17) is 16.3 Å². The predicted molar refractivity (Wildman–Crippen MR) is 106 cm³/mol. The highest BCUT2D eigenvalue weighted by molar-refractivity contribution is 6.32. The number of ketones is 1. The number of nitrogens with one attached hydrogen (secondary N) is 1. The van der Waals surface area contributed by atoms with E-state index in [9.17, 15) is 9.59 Å². The van der Waals surface area contributed by atoms with Gasteiger partial charge in [-0.25, -0.2) is 9.78 Å². The molecule has 0 aliphatic heterocycles. The minimum atomic E-state index is -1.11. The van der Waals surface area contributed by atoms with Gasteiger partial charge in [0.05, 0.1) is 5.56 Å². The van der Waals surface area contributed by atoms with Gasteiger partial charge in [-0.2, -0.15) is 0 Å². The Morgan fingerprint density at radius 2 is 1.68 bits per heavy atom. The number of Topliss-reactive ketones (excluding diaryl/α,β-unsaturated/α-hetero) is 1. The Kier molecular flexibility index (Phi) is 4.91. The molecule has 5 nitrogen and oxygen atoms in total. The Morgan fingerprint density at radius 3 is 2.46 bits per heavy atom. The van der Waals surface area contributed by atoms with E-state index in [0.717, 1.165) is 10.9 Å². The molecule has 0 aliphatic carbocycles. The molecule has 1 N–H and O–H groups in total. The minimum Gasteiger partial charge on any atom is -0.445 e. The van der Waals surface area contributed by atoms with Crippen molar-refractivity contribution in [3.63, 3.8) is 0 Å². The fourth-order valence-electron chi connectivity index (χ4n) is 3.03. The van der Waals surface area contributed by atoms with E-state index in [0.29, 0.717) is 11.1 Å². The second-order valence-electron chi connectivity index (χ2n) is 6.15. The molecule has 6 heteroatoms. The molecule has 28 heavy (non-hydrogen) atoms. The van der Waals surface area contributed by atoms with Gasteiger partial charge in [0.2, 0.25) is 5.78 Å². The number of H-pyrrole nitrogens is 1. The first-order valence-corrected chi connectivity index (χ1v) is 8.99. The number of aromatic nitrogens is 2. The number of ether oxygens (including phenoxy) is 1. The van der Waals surface area contributed by atoms with Gasteiger partial charge in [-0.15, -0.1) is 0 Å². The first kappa shape index (κ1) is 17.9. The molecule has 138 valence electrons. The highest BCUT2D eigenvalue weighted by Crippen LogP contribution is 2.28. The van der Waals surface area contributed by atoms with E-state index in [1.54, 1.807) is 36.5 Å². The summed E-state index contributed by atoms with van der Waals surface area (Å²) in [6.45, 7) is 0. The van der Waals surface area contributed by atoms with Crippen LogP contribution in [0.2, 0.25) is 5.15 Å². The molecule has 1 unspecified atom stereocenters. The van der Waals surface area contributed by atoms with Crippen LogP contribution in [-0.4, -0.2) is 21.7 Å². The summed E-state index contributed by atoms with van der Waals surface area (Å²) in [5.74, 6) is -1.03. The zero-order valence-electron chi connectivity index (χ0n) is 14.6. The molecule has 1 atom stereocenters. The number of hydrogen-bond acceptors (Lipinski definition) is 4. The maximum atomic E-state index is 13.3. The fraction of sp³-hybridized carbons (Fsp3) is 0.0455. The van der Waals surface area contributed by atoms with Crippen molar-refractivity contribution in [3.05, 3.63) is 101 Å². The highest BCUT2D eigenvalue weighted by Gasteiger charge is 2.29. The maximum Gasteiger partial charge on any atom is 0.342 e. The Labute approximate surface area is 165 Å². The van der Waals surface area contributed by atoms with Crippen molar-refractivity contribution in [1.82, 2.24) is 9.97 Å². The number of fused-ring (bicyclic) bond motifs is 1. The number of halogens is 1. The summed E-state index contributed by atoms with van der Waals surface area (Å²) >= 11 is 6.00. The van der Waals surface area contributed by atoms with E-state index in [1.807, 2.05) is 30.3 Å². The molecule has 0 amide bonds. The molecule has 0 fully saturated rings. The van der Waals surface area contributed by atoms with Crippen molar-refractivity contribution < 1.29 is 14.3 Å². The summed E-state index contributed by atoms with van der Waals surface area (Å²) in [7, 11) is 0. The molecule has 4 aromatic rings. The third kappa shape index (κ3) is 3.40. The topological polar surface area (TPSA) is 72.1 Å². The number of carbonyl (C=O) groups is 2. The number of para-hydroxylation sites is 1. The first-order chi connectivity index (χ1) is 13.6. The third-order valence-electron chi connectivity index (χ3n) is 4.40. The summed E-state index contributed by atoms with van der Waals surface area (Å²) in [6, 6.07) is 19.5. The van der Waals surface area contributed by atoms with Gasteiger partial charge < -0.3 is 9.72 Å². The SMILES string of the molecule is O=C(OC(C(=O)c1c[nH]c2ccccc12)c1ccccc1)c1cccnc1Cl. The lowest BCUT2D eigenvalue weighted by Crippen LogP contribution is -2.20. The van der Waals surface area contributed by atoms with Crippen LogP contribution >= 0.6 is 11.6 Å². The van der Waals surface area contributed by atoms with Gasteiger partial charge in [-0.1, -0.05) is 60.1 Å². The lowest BCUT2D eigenvalue weighted by Gasteiger charge is -2.17. The molecule has 0 saturated carbocycles. The van der Waals surface area contributed by atoms with Crippen molar-refractivity contribution in [2.75, 3.05) is 0 Å². The summed E-state index contributed by atoms with van der Waals surface area (Å²) in [4.78, 5) is 33.0. The molecule has 0 saturated heterocycles. The molecule has 2 heterocycles. The molecule has 0 spiro atoms. The van der Waals surface area contributed by atoms with Crippen LogP contribution in [0.15, 0.2) is 79.1 Å². The number of pyridine rings is 1. The normalized spacial score (nSPS) is 11.9. The molecule has 0 bridgehead atoms. The largest absolute Gasteiger partial charge is 0.445 e. The smallest absolute Gasteiger partial charge is 0.342 e. The van der Waals surface area contributed by atoms with Gasteiger partial charge in [0.1, 0.15) is 5.15 Å². The average molecular weight is 391 g/mol. The van der Waals surface area contributed by atoms with Crippen molar-refractivity contribution in [3.8, 4) is 0 Å². The molecule has 2 aromatic heterocycles. The van der Waals surface area contributed by atoms with E-state index < -0.39 is 12.1 Å². The van der Waals surface area contributed by atoms with Crippen LogP contribution in [0.4, 0.5) is 0 Å². The van der Waals surface area contributed by atoms with Gasteiger partial charge in [-0.05, 0) is 18.2 Å². The van der Waals surface area contributed by atoms with Gasteiger partial charge in [0.15, 0.2) is 6.10 Å². The average Bonchev–Trinajstić information content (AvgIpc) is 3.16. The van der Waals surface area contributed by atoms with Crippen molar-refractivity contribution in [1.29, 1.82) is 0 Å². The van der Waals surface area contributed by atoms with Crippen LogP contribution in [0.3, 0.4) is 0 Å². The maximum absolute atomic E-state index is 13.3. The van der Waals surface area contributed by atoms with Crippen molar-refractivity contribution in [2.24, 2.45) is 0 Å². The standard InChI is InChI=1S/C22H15ClN2O3/c23-21-16(10-6-12-24-21)22(27)28-20(14-7-2-1-3-8-14)19(26)17-13-25-18-11-5-4-9-15(17)18/h1-13,20,25H. The Balaban J connectivity index is 1.73. The zero-order chi connectivity index (χ0) is 19.5. The monoisotopic (exact) mass is 390 g/mol. The molecule has 4 rings (SSSR count). The zero-order valence-corrected chi connectivity index (χ0v) is 15.4. The van der Waals surface area contributed by atoms with Gasteiger partial charge in [0.25, 0.3) is 0 Å². The van der Waals surface area contributed by atoms with E-state index >= 15 is 0 Å². The van der Waals surface area contributed by atoms with Crippen LogP contribution in [0.1, 0.15) is 32.4 Å². The van der Waals surface area contributed by atoms with Gasteiger partial charge >= 0.3 is 5.97 Å².